The third kappa shape index (κ3) is 3.92. The van der Waals surface area contributed by atoms with Gasteiger partial charge in [0, 0.05) is 0 Å². The zero-order valence-electron chi connectivity index (χ0n) is 15.1. The Labute approximate surface area is 156 Å². The molecule has 0 atom stereocenters. The first-order valence-electron chi connectivity index (χ1n) is 8.64. The molecule has 0 unspecified atom stereocenters. The number of aromatic nitrogens is 2. The molecule has 7 heteroatoms. The summed E-state index contributed by atoms with van der Waals surface area (Å²) in [5, 5.41) is 10.5. The van der Waals surface area contributed by atoms with Crippen LogP contribution in [-0.4, -0.2) is 22.9 Å². The van der Waals surface area contributed by atoms with Crippen molar-refractivity contribution in [2.75, 3.05) is 12.1 Å². The second kappa shape index (κ2) is 7.11. The number of nitrogens with one attached hydrogen (secondary N) is 1. The fourth-order valence-corrected chi connectivity index (χ4v) is 2.98. The molecule has 27 heavy (non-hydrogen) atoms. The highest BCUT2D eigenvalue weighted by Crippen LogP contribution is 2.33. The average molecular weight is 365 g/mol. The van der Waals surface area contributed by atoms with E-state index in [0.717, 1.165) is 22.4 Å². The fraction of sp³-hybridized carbons (Fsp3) is 0.250. The minimum atomic E-state index is -0.194. The number of nitrogens with zero attached hydrogens (tertiary/aromatic N) is 2. The highest BCUT2D eigenvalue weighted by molar-refractivity contribution is 5.90. The number of hydrogen-bond donors (Lipinski definition) is 1. The third-order valence-electron chi connectivity index (χ3n) is 4.35. The lowest BCUT2D eigenvalue weighted by atomic mass is 10.0. The molecule has 0 bridgehead atoms. The van der Waals surface area contributed by atoms with E-state index < -0.39 is 0 Å². The molecule has 1 aliphatic heterocycles. The maximum Gasteiger partial charge on any atom is 0.322 e. The number of anilines is 1. The van der Waals surface area contributed by atoms with Gasteiger partial charge in [-0.15, -0.1) is 5.10 Å². The number of rotatable bonds is 5. The van der Waals surface area contributed by atoms with Gasteiger partial charge < -0.3 is 13.9 Å². The number of aryl methyl sites for hydroxylation is 2. The van der Waals surface area contributed by atoms with Crippen LogP contribution in [0.25, 0.3) is 0 Å². The van der Waals surface area contributed by atoms with Crippen molar-refractivity contribution in [2.45, 2.75) is 26.7 Å². The van der Waals surface area contributed by atoms with Crippen molar-refractivity contribution in [1.82, 2.24) is 10.2 Å². The van der Waals surface area contributed by atoms with E-state index in [1.807, 2.05) is 44.2 Å². The zero-order valence-corrected chi connectivity index (χ0v) is 15.1. The lowest BCUT2D eigenvalue weighted by molar-refractivity contribution is -0.115. The average Bonchev–Trinajstić information content (AvgIpc) is 3.26. The van der Waals surface area contributed by atoms with Crippen LogP contribution in [0, 0.1) is 13.8 Å². The maximum atomic E-state index is 12.2. The van der Waals surface area contributed by atoms with Crippen molar-refractivity contribution in [3.63, 3.8) is 0 Å². The number of carbonyl (C=O) groups is 1. The fourth-order valence-electron chi connectivity index (χ4n) is 2.98. The number of ether oxygens (including phenoxy) is 2. The van der Waals surface area contributed by atoms with Gasteiger partial charge in [-0.2, -0.15) is 0 Å². The quantitative estimate of drug-likeness (QED) is 0.747. The summed E-state index contributed by atoms with van der Waals surface area (Å²) >= 11 is 0. The van der Waals surface area contributed by atoms with E-state index in [-0.39, 0.29) is 25.1 Å². The maximum absolute atomic E-state index is 12.2. The van der Waals surface area contributed by atoms with Crippen molar-refractivity contribution >= 4 is 11.9 Å². The molecule has 1 aromatic heterocycles. The summed E-state index contributed by atoms with van der Waals surface area (Å²) in [7, 11) is 0. The number of amides is 1. The first-order valence-corrected chi connectivity index (χ1v) is 8.64. The van der Waals surface area contributed by atoms with Gasteiger partial charge in [0.15, 0.2) is 11.5 Å². The Morgan fingerprint density at radius 3 is 2.78 bits per heavy atom. The lowest BCUT2D eigenvalue weighted by Crippen LogP contribution is -2.15. The van der Waals surface area contributed by atoms with Crippen molar-refractivity contribution < 1.29 is 18.7 Å². The largest absolute Gasteiger partial charge is 0.454 e. The zero-order chi connectivity index (χ0) is 18.8. The van der Waals surface area contributed by atoms with Gasteiger partial charge in [0.2, 0.25) is 18.6 Å². The van der Waals surface area contributed by atoms with Crippen molar-refractivity contribution in [2.24, 2.45) is 0 Å². The highest BCUT2D eigenvalue weighted by atomic mass is 16.7. The van der Waals surface area contributed by atoms with E-state index in [9.17, 15) is 4.79 Å². The van der Waals surface area contributed by atoms with E-state index in [1.54, 1.807) is 0 Å². The van der Waals surface area contributed by atoms with Crippen molar-refractivity contribution in [3.8, 4) is 11.5 Å². The molecular weight excluding hydrogens is 346 g/mol. The normalized spacial score (nSPS) is 12.2. The summed E-state index contributed by atoms with van der Waals surface area (Å²) in [4.78, 5) is 12.2. The molecule has 0 saturated heterocycles. The summed E-state index contributed by atoms with van der Waals surface area (Å²) in [6.45, 7) is 4.25. The molecule has 4 rings (SSSR count). The van der Waals surface area contributed by atoms with Gasteiger partial charge in [-0.25, -0.2) is 0 Å². The van der Waals surface area contributed by atoms with E-state index in [2.05, 4.69) is 21.6 Å². The molecule has 1 amide bonds. The molecular formula is C20H19N3O4. The number of benzene rings is 2. The summed E-state index contributed by atoms with van der Waals surface area (Å²) in [5.74, 6) is 1.65. The molecule has 0 saturated carbocycles. The first kappa shape index (κ1) is 17.1. The van der Waals surface area contributed by atoms with Crippen LogP contribution in [0.3, 0.4) is 0 Å². The Bertz CT molecular complexity index is 997. The van der Waals surface area contributed by atoms with Gasteiger partial charge in [-0.05, 0) is 42.7 Å². The minimum absolute atomic E-state index is 0.0977. The van der Waals surface area contributed by atoms with Gasteiger partial charge >= 0.3 is 6.01 Å². The van der Waals surface area contributed by atoms with Crippen LogP contribution in [-0.2, 0) is 17.6 Å². The van der Waals surface area contributed by atoms with Crippen LogP contribution in [0.15, 0.2) is 40.8 Å². The van der Waals surface area contributed by atoms with Gasteiger partial charge in [-0.3, -0.25) is 10.1 Å². The molecule has 0 fully saturated rings. The highest BCUT2D eigenvalue weighted by Gasteiger charge is 2.16. The van der Waals surface area contributed by atoms with Crippen LogP contribution >= 0.6 is 0 Å². The third-order valence-corrected chi connectivity index (χ3v) is 4.35. The standard InChI is InChI=1S/C20H19N3O4/c1-12-3-5-15(13(2)7-12)10-18(24)21-20-23-22-19(27-20)9-14-4-6-16-17(8-14)26-11-25-16/h3-8H,9-11H2,1-2H3,(H,21,23,24). The molecule has 0 radical (unpaired) electrons. The van der Waals surface area contributed by atoms with Crippen LogP contribution < -0.4 is 14.8 Å². The molecule has 0 spiro atoms. The van der Waals surface area contributed by atoms with Crippen LogP contribution in [0.2, 0.25) is 0 Å². The second-order valence-electron chi connectivity index (χ2n) is 6.52. The summed E-state index contributed by atoms with van der Waals surface area (Å²) in [6.07, 6.45) is 0.697. The van der Waals surface area contributed by atoms with Gasteiger partial charge in [0.25, 0.3) is 0 Å². The monoisotopic (exact) mass is 365 g/mol. The van der Waals surface area contributed by atoms with Crippen molar-refractivity contribution in [3.05, 3.63) is 64.5 Å². The van der Waals surface area contributed by atoms with Gasteiger partial charge in [0.05, 0.1) is 12.8 Å². The second-order valence-corrected chi connectivity index (χ2v) is 6.52. The molecule has 0 aliphatic carbocycles. The van der Waals surface area contributed by atoms with E-state index in [4.69, 9.17) is 13.9 Å². The molecule has 3 aromatic rings. The van der Waals surface area contributed by atoms with Gasteiger partial charge in [-0.1, -0.05) is 34.9 Å². The summed E-state index contributed by atoms with van der Waals surface area (Å²) in [5.41, 5.74) is 4.18. The first-order chi connectivity index (χ1) is 13.1. The smallest absolute Gasteiger partial charge is 0.322 e. The Kier molecular flexibility index (Phi) is 4.50. The minimum Gasteiger partial charge on any atom is -0.454 e. The molecule has 1 aliphatic rings. The Hall–Kier alpha value is -3.35. The SMILES string of the molecule is Cc1ccc(CC(=O)Nc2nnc(Cc3ccc4c(c3)OCO4)o2)c(C)c1. The van der Waals surface area contributed by atoms with E-state index in [1.165, 1.54) is 5.56 Å². The number of carbonyl (C=O) groups excluding carboxylic acids is 1. The van der Waals surface area contributed by atoms with Crippen LogP contribution in [0.5, 0.6) is 11.5 Å². The van der Waals surface area contributed by atoms with Crippen molar-refractivity contribution in [1.29, 1.82) is 0 Å². The Morgan fingerprint density at radius 2 is 1.93 bits per heavy atom. The predicted octanol–water partition coefficient (Wildman–Crippen LogP) is 3.19. The number of fused-ring (bicyclic) bond motifs is 1. The summed E-state index contributed by atoms with van der Waals surface area (Å²) < 4.78 is 16.2. The molecule has 138 valence electrons. The van der Waals surface area contributed by atoms with Crippen LogP contribution in [0.4, 0.5) is 6.01 Å². The number of hydrogen-bond acceptors (Lipinski definition) is 6. The predicted molar refractivity (Wildman–Crippen MR) is 97.9 cm³/mol. The molecule has 7 nitrogen and oxygen atoms in total. The topological polar surface area (TPSA) is 86.5 Å². The van der Waals surface area contributed by atoms with Crippen LogP contribution in [0.1, 0.15) is 28.1 Å². The summed E-state index contributed by atoms with van der Waals surface area (Å²) in [6, 6.07) is 11.7. The Balaban J connectivity index is 1.38. The Morgan fingerprint density at radius 1 is 1.07 bits per heavy atom. The van der Waals surface area contributed by atoms with Gasteiger partial charge in [0.1, 0.15) is 0 Å². The molecule has 2 heterocycles. The molecule has 1 N–H and O–H groups in total. The molecule has 2 aromatic carbocycles. The van der Waals surface area contributed by atoms with E-state index >= 15 is 0 Å². The lowest BCUT2D eigenvalue weighted by Gasteiger charge is -2.06. The van der Waals surface area contributed by atoms with E-state index in [0.29, 0.717) is 18.1 Å².